The summed E-state index contributed by atoms with van der Waals surface area (Å²) in [4.78, 5) is 1.59. The second kappa shape index (κ2) is 6.16. The van der Waals surface area contributed by atoms with E-state index in [0.29, 0.717) is 5.92 Å². The minimum atomic E-state index is 0.488. The highest BCUT2D eigenvalue weighted by Crippen LogP contribution is 2.12. The van der Waals surface area contributed by atoms with E-state index in [1.165, 1.54) is 0 Å². The molecule has 0 saturated heterocycles. The first-order valence-electron chi connectivity index (χ1n) is 5.99. The van der Waals surface area contributed by atoms with E-state index < -0.39 is 0 Å². The van der Waals surface area contributed by atoms with Crippen LogP contribution in [0.2, 0.25) is 0 Å². The van der Waals surface area contributed by atoms with Crippen molar-refractivity contribution in [2.24, 2.45) is 5.92 Å². The van der Waals surface area contributed by atoms with Gasteiger partial charge in [0.05, 0.1) is 24.7 Å². The fourth-order valence-electron chi connectivity index (χ4n) is 1.70. The second-order valence-electron chi connectivity index (χ2n) is 4.31. The van der Waals surface area contributed by atoms with Crippen molar-refractivity contribution in [2.45, 2.75) is 6.92 Å². The topological polar surface area (TPSA) is 52.0 Å². The molecule has 1 N–H and O–H groups in total. The van der Waals surface area contributed by atoms with Crippen LogP contribution in [0.3, 0.4) is 0 Å². The van der Waals surface area contributed by atoms with Crippen LogP contribution < -0.4 is 5.32 Å². The maximum absolute atomic E-state index is 5.10. The van der Waals surface area contributed by atoms with Crippen molar-refractivity contribution in [3.63, 3.8) is 0 Å². The molecule has 0 fully saturated rings. The molecule has 1 aromatic carbocycles. The van der Waals surface area contributed by atoms with Crippen molar-refractivity contribution < 1.29 is 4.74 Å². The van der Waals surface area contributed by atoms with Crippen LogP contribution in [0.25, 0.3) is 5.69 Å². The Kier molecular flexibility index (Phi) is 4.30. The number of hydrogen-bond acceptors (Lipinski definition) is 4. The van der Waals surface area contributed by atoms with Gasteiger partial charge in [-0.05, 0) is 30.2 Å². The number of nitrogens with zero attached hydrogens (tertiary/aromatic N) is 3. The van der Waals surface area contributed by atoms with Gasteiger partial charge in [0.1, 0.15) is 0 Å². The molecule has 1 heterocycles. The van der Waals surface area contributed by atoms with Crippen LogP contribution >= 0.6 is 0 Å². The van der Waals surface area contributed by atoms with E-state index in [4.69, 9.17) is 4.74 Å². The van der Waals surface area contributed by atoms with Gasteiger partial charge < -0.3 is 10.1 Å². The van der Waals surface area contributed by atoms with Crippen LogP contribution in [-0.2, 0) is 4.74 Å². The molecule has 18 heavy (non-hydrogen) atoms. The zero-order valence-electron chi connectivity index (χ0n) is 10.7. The highest BCUT2D eigenvalue weighted by molar-refractivity contribution is 5.48. The lowest BCUT2D eigenvalue weighted by atomic mass is 10.2. The van der Waals surface area contributed by atoms with Crippen molar-refractivity contribution in [1.29, 1.82) is 0 Å². The molecule has 0 radical (unpaired) electrons. The van der Waals surface area contributed by atoms with Crippen LogP contribution in [0.4, 0.5) is 5.69 Å². The summed E-state index contributed by atoms with van der Waals surface area (Å²) in [5.41, 5.74) is 2.05. The monoisotopic (exact) mass is 246 g/mol. The molecule has 0 saturated carbocycles. The van der Waals surface area contributed by atoms with Gasteiger partial charge in [-0.25, -0.2) is 0 Å². The quantitative estimate of drug-likeness (QED) is 0.846. The zero-order valence-corrected chi connectivity index (χ0v) is 10.7. The number of nitrogens with one attached hydrogen (secondary N) is 1. The Balaban J connectivity index is 1.92. The minimum Gasteiger partial charge on any atom is -0.385 e. The molecular formula is C13H18N4O. The van der Waals surface area contributed by atoms with Gasteiger partial charge in [0.2, 0.25) is 0 Å². The summed E-state index contributed by atoms with van der Waals surface area (Å²) in [6, 6.07) is 8.03. The third-order valence-corrected chi connectivity index (χ3v) is 2.62. The van der Waals surface area contributed by atoms with Crippen molar-refractivity contribution in [1.82, 2.24) is 15.0 Å². The molecule has 2 aromatic rings. The summed E-state index contributed by atoms with van der Waals surface area (Å²) in [5, 5.41) is 11.5. The van der Waals surface area contributed by atoms with Crippen molar-refractivity contribution in [2.75, 3.05) is 25.6 Å². The van der Waals surface area contributed by atoms with Crippen molar-refractivity contribution in [3.8, 4) is 5.69 Å². The summed E-state index contributed by atoms with van der Waals surface area (Å²) >= 11 is 0. The third-order valence-electron chi connectivity index (χ3n) is 2.62. The molecule has 0 aliphatic heterocycles. The molecule has 0 aliphatic rings. The number of hydrogen-bond donors (Lipinski definition) is 1. The molecule has 5 nitrogen and oxygen atoms in total. The van der Waals surface area contributed by atoms with Gasteiger partial charge in [-0.15, -0.1) is 0 Å². The average molecular weight is 246 g/mol. The van der Waals surface area contributed by atoms with Crippen LogP contribution in [-0.4, -0.2) is 35.3 Å². The van der Waals surface area contributed by atoms with E-state index in [9.17, 15) is 0 Å². The largest absolute Gasteiger partial charge is 0.385 e. The van der Waals surface area contributed by atoms with Gasteiger partial charge in [-0.2, -0.15) is 15.0 Å². The Morgan fingerprint density at radius 1 is 1.22 bits per heavy atom. The maximum atomic E-state index is 5.10. The number of rotatable bonds is 6. The Labute approximate surface area is 107 Å². The molecular weight excluding hydrogens is 228 g/mol. The Morgan fingerprint density at radius 3 is 2.50 bits per heavy atom. The van der Waals surface area contributed by atoms with Gasteiger partial charge in [-0.1, -0.05) is 6.92 Å². The van der Waals surface area contributed by atoms with E-state index in [-0.39, 0.29) is 0 Å². The normalized spacial score (nSPS) is 12.3. The summed E-state index contributed by atoms with van der Waals surface area (Å²) in [5.74, 6) is 0.488. The number of benzene rings is 1. The summed E-state index contributed by atoms with van der Waals surface area (Å²) in [6.45, 7) is 3.81. The van der Waals surface area contributed by atoms with Crippen LogP contribution in [0.5, 0.6) is 0 Å². The average Bonchev–Trinajstić information content (AvgIpc) is 2.91. The molecule has 5 heteroatoms. The molecule has 2 rings (SSSR count). The standard InChI is InChI=1S/C13H18N4O/c1-11(10-18-2)9-14-12-3-5-13(6-4-12)17-15-7-8-16-17/h3-8,11,14H,9-10H2,1-2H3. The minimum absolute atomic E-state index is 0.488. The molecule has 0 spiro atoms. The molecule has 0 amide bonds. The Hall–Kier alpha value is -1.88. The van der Waals surface area contributed by atoms with Gasteiger partial charge in [-0.3, -0.25) is 0 Å². The SMILES string of the molecule is COCC(C)CNc1ccc(-n2nccn2)cc1. The first-order valence-corrected chi connectivity index (χ1v) is 5.99. The Bertz CT molecular complexity index is 452. The molecule has 1 aromatic heterocycles. The van der Waals surface area contributed by atoms with E-state index >= 15 is 0 Å². The van der Waals surface area contributed by atoms with Crippen LogP contribution in [0, 0.1) is 5.92 Å². The first-order chi connectivity index (χ1) is 8.79. The molecule has 0 aliphatic carbocycles. The third kappa shape index (κ3) is 3.30. The highest BCUT2D eigenvalue weighted by atomic mass is 16.5. The second-order valence-corrected chi connectivity index (χ2v) is 4.31. The fourth-order valence-corrected chi connectivity index (χ4v) is 1.70. The van der Waals surface area contributed by atoms with E-state index in [0.717, 1.165) is 24.5 Å². The van der Waals surface area contributed by atoms with Gasteiger partial charge in [0.25, 0.3) is 0 Å². The summed E-state index contributed by atoms with van der Waals surface area (Å²) in [6.07, 6.45) is 3.33. The molecule has 0 bridgehead atoms. The predicted molar refractivity (Wildman–Crippen MR) is 70.9 cm³/mol. The van der Waals surface area contributed by atoms with Gasteiger partial charge >= 0.3 is 0 Å². The highest BCUT2D eigenvalue weighted by Gasteiger charge is 2.02. The van der Waals surface area contributed by atoms with Crippen LogP contribution in [0.15, 0.2) is 36.7 Å². The zero-order chi connectivity index (χ0) is 12.8. The van der Waals surface area contributed by atoms with E-state index in [1.807, 2.05) is 24.3 Å². The number of aromatic nitrogens is 3. The van der Waals surface area contributed by atoms with Gasteiger partial charge in [0, 0.05) is 19.3 Å². The number of methoxy groups -OCH3 is 1. The van der Waals surface area contributed by atoms with Crippen molar-refractivity contribution >= 4 is 5.69 Å². The lowest BCUT2D eigenvalue weighted by Crippen LogP contribution is -2.15. The lowest BCUT2D eigenvalue weighted by Gasteiger charge is -2.12. The van der Waals surface area contributed by atoms with E-state index in [2.05, 4.69) is 22.4 Å². The smallest absolute Gasteiger partial charge is 0.0858 e. The van der Waals surface area contributed by atoms with Gasteiger partial charge in [0.15, 0.2) is 0 Å². The van der Waals surface area contributed by atoms with Crippen LogP contribution in [0.1, 0.15) is 6.92 Å². The molecule has 1 atom stereocenters. The van der Waals surface area contributed by atoms with E-state index in [1.54, 1.807) is 24.3 Å². The lowest BCUT2D eigenvalue weighted by molar-refractivity contribution is 0.164. The maximum Gasteiger partial charge on any atom is 0.0858 e. The first kappa shape index (κ1) is 12.6. The molecule has 96 valence electrons. The number of ether oxygens (including phenoxy) is 1. The predicted octanol–water partition coefficient (Wildman–Crippen LogP) is 1.96. The molecule has 1 unspecified atom stereocenters. The summed E-state index contributed by atoms with van der Waals surface area (Å²) in [7, 11) is 1.72. The summed E-state index contributed by atoms with van der Waals surface area (Å²) < 4.78 is 5.10. The Morgan fingerprint density at radius 2 is 1.89 bits per heavy atom. The fraction of sp³-hybridized carbons (Fsp3) is 0.385. The number of anilines is 1. The van der Waals surface area contributed by atoms with Crippen molar-refractivity contribution in [3.05, 3.63) is 36.7 Å².